The molecule has 84 valence electrons. The molecule has 1 atom stereocenters. The lowest BCUT2D eigenvalue weighted by molar-refractivity contribution is 0.165. The van der Waals surface area contributed by atoms with Gasteiger partial charge in [0.05, 0.1) is 5.75 Å². The lowest BCUT2D eigenvalue weighted by atomic mass is 10.0. The van der Waals surface area contributed by atoms with E-state index in [0.29, 0.717) is 19.5 Å². The highest BCUT2D eigenvalue weighted by atomic mass is 32.2. The zero-order valence-corrected chi connectivity index (χ0v) is 9.46. The SMILES string of the molecule is CCCS(=O)(=O)N1CCCC(CO)C1. The van der Waals surface area contributed by atoms with Gasteiger partial charge in [-0.25, -0.2) is 12.7 Å². The molecule has 0 bridgehead atoms. The van der Waals surface area contributed by atoms with Gasteiger partial charge in [0.15, 0.2) is 0 Å². The highest BCUT2D eigenvalue weighted by Gasteiger charge is 2.27. The van der Waals surface area contributed by atoms with E-state index in [2.05, 4.69) is 0 Å². The maximum absolute atomic E-state index is 11.7. The Labute approximate surface area is 86.0 Å². The fourth-order valence-corrected chi connectivity index (χ4v) is 3.43. The Kier molecular flexibility index (Phi) is 4.34. The molecule has 1 unspecified atom stereocenters. The number of hydrogen-bond acceptors (Lipinski definition) is 3. The van der Waals surface area contributed by atoms with Crippen LogP contribution < -0.4 is 0 Å². The largest absolute Gasteiger partial charge is 0.396 e. The molecule has 1 fully saturated rings. The third kappa shape index (κ3) is 2.93. The summed E-state index contributed by atoms with van der Waals surface area (Å²) in [6.07, 6.45) is 2.46. The Bertz CT molecular complexity index is 263. The van der Waals surface area contributed by atoms with Crippen LogP contribution in [0.25, 0.3) is 0 Å². The number of nitrogens with zero attached hydrogens (tertiary/aromatic N) is 1. The molecular formula is C9H19NO3S. The first-order valence-electron chi connectivity index (χ1n) is 5.19. The summed E-state index contributed by atoms with van der Waals surface area (Å²) in [6.45, 7) is 3.08. The molecule has 0 aromatic carbocycles. The number of sulfonamides is 1. The smallest absolute Gasteiger partial charge is 0.214 e. The van der Waals surface area contributed by atoms with E-state index >= 15 is 0 Å². The second kappa shape index (κ2) is 5.09. The maximum Gasteiger partial charge on any atom is 0.214 e. The molecule has 4 nitrogen and oxygen atoms in total. The molecule has 1 heterocycles. The molecule has 5 heteroatoms. The summed E-state index contributed by atoms with van der Waals surface area (Å²) in [4.78, 5) is 0. The summed E-state index contributed by atoms with van der Waals surface area (Å²) in [5.41, 5.74) is 0. The van der Waals surface area contributed by atoms with Gasteiger partial charge < -0.3 is 5.11 Å². The zero-order chi connectivity index (χ0) is 10.6. The van der Waals surface area contributed by atoms with E-state index in [0.717, 1.165) is 12.8 Å². The summed E-state index contributed by atoms with van der Waals surface area (Å²) in [5, 5.41) is 8.98. The second-order valence-electron chi connectivity index (χ2n) is 3.86. The Balaban J connectivity index is 2.59. The first-order chi connectivity index (χ1) is 6.60. The predicted octanol–water partition coefficient (Wildman–Crippen LogP) is 0.430. The normalized spacial score (nSPS) is 25.1. The molecule has 0 aromatic heterocycles. The average molecular weight is 221 g/mol. The molecule has 1 saturated heterocycles. The minimum atomic E-state index is -3.05. The lowest BCUT2D eigenvalue weighted by Gasteiger charge is -2.30. The predicted molar refractivity (Wildman–Crippen MR) is 55.5 cm³/mol. The van der Waals surface area contributed by atoms with Gasteiger partial charge in [0.2, 0.25) is 10.0 Å². The van der Waals surface area contributed by atoms with E-state index in [1.165, 1.54) is 4.31 Å². The number of hydrogen-bond donors (Lipinski definition) is 1. The van der Waals surface area contributed by atoms with Crippen molar-refractivity contribution in [2.24, 2.45) is 5.92 Å². The fourth-order valence-electron chi connectivity index (χ4n) is 1.82. The average Bonchev–Trinajstić information content (AvgIpc) is 2.18. The Hall–Kier alpha value is -0.130. The van der Waals surface area contributed by atoms with E-state index in [-0.39, 0.29) is 18.3 Å². The first-order valence-corrected chi connectivity index (χ1v) is 6.79. The highest BCUT2D eigenvalue weighted by molar-refractivity contribution is 7.89. The van der Waals surface area contributed by atoms with Crippen molar-refractivity contribution in [2.75, 3.05) is 25.4 Å². The molecule has 0 amide bonds. The maximum atomic E-state index is 11.7. The minimum absolute atomic E-state index is 0.0954. The Morgan fingerprint density at radius 2 is 2.21 bits per heavy atom. The van der Waals surface area contributed by atoms with E-state index in [4.69, 9.17) is 5.11 Å². The first kappa shape index (κ1) is 11.9. The Morgan fingerprint density at radius 1 is 1.50 bits per heavy atom. The number of aliphatic hydroxyl groups excluding tert-OH is 1. The van der Waals surface area contributed by atoms with Gasteiger partial charge in [-0.3, -0.25) is 0 Å². The third-order valence-corrected chi connectivity index (χ3v) is 4.64. The second-order valence-corrected chi connectivity index (χ2v) is 5.95. The van der Waals surface area contributed by atoms with Crippen LogP contribution in [0.1, 0.15) is 26.2 Å². The van der Waals surface area contributed by atoms with Gasteiger partial charge in [-0.1, -0.05) is 6.92 Å². The molecule has 0 spiro atoms. The molecule has 0 aromatic rings. The van der Waals surface area contributed by atoms with Gasteiger partial charge in [-0.05, 0) is 25.2 Å². The quantitative estimate of drug-likeness (QED) is 0.749. The van der Waals surface area contributed by atoms with Crippen molar-refractivity contribution in [2.45, 2.75) is 26.2 Å². The topological polar surface area (TPSA) is 57.6 Å². The van der Waals surface area contributed by atoms with Crippen molar-refractivity contribution in [3.05, 3.63) is 0 Å². The van der Waals surface area contributed by atoms with Gasteiger partial charge in [0.25, 0.3) is 0 Å². The van der Waals surface area contributed by atoms with Crippen LogP contribution in [0.15, 0.2) is 0 Å². The van der Waals surface area contributed by atoms with Crippen LogP contribution in [-0.4, -0.2) is 43.3 Å². The number of rotatable bonds is 4. The number of piperidine rings is 1. The van der Waals surface area contributed by atoms with E-state index in [9.17, 15) is 8.42 Å². The van der Waals surface area contributed by atoms with Gasteiger partial charge in [-0.2, -0.15) is 0 Å². The highest BCUT2D eigenvalue weighted by Crippen LogP contribution is 2.19. The van der Waals surface area contributed by atoms with Crippen LogP contribution in [0.2, 0.25) is 0 Å². The van der Waals surface area contributed by atoms with E-state index in [1.807, 2.05) is 6.92 Å². The van der Waals surface area contributed by atoms with Crippen LogP contribution in [0.4, 0.5) is 0 Å². The van der Waals surface area contributed by atoms with Gasteiger partial charge in [0.1, 0.15) is 0 Å². The molecule has 1 aliphatic rings. The van der Waals surface area contributed by atoms with Crippen LogP contribution in [0.3, 0.4) is 0 Å². The fraction of sp³-hybridized carbons (Fsp3) is 1.00. The summed E-state index contributed by atoms with van der Waals surface area (Å²) in [5.74, 6) is 0.362. The minimum Gasteiger partial charge on any atom is -0.396 e. The van der Waals surface area contributed by atoms with Crippen LogP contribution in [-0.2, 0) is 10.0 Å². The summed E-state index contributed by atoms with van der Waals surface area (Å²) < 4.78 is 24.9. The molecule has 1 N–H and O–H groups in total. The van der Waals surface area contributed by atoms with Crippen molar-refractivity contribution >= 4 is 10.0 Å². The van der Waals surface area contributed by atoms with Crippen molar-refractivity contribution in [3.63, 3.8) is 0 Å². The van der Waals surface area contributed by atoms with Crippen LogP contribution in [0.5, 0.6) is 0 Å². The van der Waals surface area contributed by atoms with Crippen molar-refractivity contribution in [3.8, 4) is 0 Å². The molecule has 0 aliphatic carbocycles. The molecule has 0 saturated carbocycles. The Morgan fingerprint density at radius 3 is 2.79 bits per heavy atom. The molecule has 14 heavy (non-hydrogen) atoms. The zero-order valence-electron chi connectivity index (χ0n) is 8.65. The molecule has 1 aliphatic heterocycles. The van der Waals surface area contributed by atoms with Gasteiger partial charge >= 0.3 is 0 Å². The van der Waals surface area contributed by atoms with Crippen molar-refractivity contribution in [1.29, 1.82) is 0 Å². The van der Waals surface area contributed by atoms with E-state index < -0.39 is 10.0 Å². The molecule has 0 radical (unpaired) electrons. The monoisotopic (exact) mass is 221 g/mol. The summed E-state index contributed by atoms with van der Waals surface area (Å²) in [6, 6.07) is 0. The summed E-state index contributed by atoms with van der Waals surface area (Å²) in [7, 11) is -3.05. The molecular weight excluding hydrogens is 202 g/mol. The lowest BCUT2D eigenvalue weighted by Crippen LogP contribution is -2.41. The third-order valence-electron chi connectivity index (χ3n) is 2.60. The summed E-state index contributed by atoms with van der Waals surface area (Å²) >= 11 is 0. The van der Waals surface area contributed by atoms with Crippen molar-refractivity contribution in [1.82, 2.24) is 4.31 Å². The number of aliphatic hydroxyl groups is 1. The van der Waals surface area contributed by atoms with Gasteiger partial charge in [-0.15, -0.1) is 0 Å². The van der Waals surface area contributed by atoms with Gasteiger partial charge in [0, 0.05) is 19.7 Å². The van der Waals surface area contributed by atoms with Crippen molar-refractivity contribution < 1.29 is 13.5 Å². The standard InChI is InChI=1S/C9H19NO3S/c1-2-6-14(12,13)10-5-3-4-9(7-10)8-11/h9,11H,2-8H2,1H3. The van der Waals surface area contributed by atoms with Crippen LogP contribution >= 0.6 is 0 Å². The van der Waals surface area contributed by atoms with Crippen LogP contribution in [0, 0.1) is 5.92 Å². The molecule has 1 rings (SSSR count). The van der Waals surface area contributed by atoms with E-state index in [1.54, 1.807) is 0 Å².